The minimum Gasteiger partial charge on any atom is -0.331 e. The van der Waals surface area contributed by atoms with E-state index >= 15 is 0 Å². The first-order valence-electron chi connectivity index (χ1n) is 21.4. The van der Waals surface area contributed by atoms with Gasteiger partial charge in [-0.05, 0) is 108 Å². The first kappa shape index (κ1) is 40.2. The number of benzene rings is 3. The highest BCUT2D eigenvalue weighted by atomic mass is 15.2. The second kappa shape index (κ2) is 18.5. The largest absolute Gasteiger partial charge is 0.331 e. The predicted molar refractivity (Wildman–Crippen MR) is 258 cm³/mol. The predicted octanol–water partition coefficient (Wildman–Crippen LogP) is 14.7. The summed E-state index contributed by atoms with van der Waals surface area (Å²) in [6, 6.07) is 26.5. The van der Waals surface area contributed by atoms with Crippen molar-refractivity contribution in [2.24, 2.45) is 0 Å². The van der Waals surface area contributed by atoms with Crippen LogP contribution < -0.4 is 9.80 Å². The second-order valence-electron chi connectivity index (χ2n) is 16.5. The van der Waals surface area contributed by atoms with Crippen molar-refractivity contribution < 1.29 is 0 Å². The lowest BCUT2D eigenvalue weighted by molar-refractivity contribution is 0.610. The standard InChI is InChI=1S/C58H56N2/c1-5-21-56-48(27-13-8-10-22-44(2)59(56)50-29-14-9-15-30-50)39-36-45-25-18-31-51(40-37-45)60(52-32-19-26-47(38-41-52)42-46-23-11-6-7-12-24-46)57-35-20-34-55-53(57)43-49-28-16-17-33-54(49)58(55,3)4/h5-18,20-23,25-26,28-35,37-41,51H,1-2,19,24,27,36,42-43H2,3-4H3/b13-8-,22-10-,48-39-,56-21+. The molecule has 3 aromatic rings. The number of allylic oxidation sites excluding steroid dienone is 23. The zero-order valence-corrected chi connectivity index (χ0v) is 35.2. The second-order valence-corrected chi connectivity index (χ2v) is 16.5. The molecule has 0 N–H and O–H groups in total. The van der Waals surface area contributed by atoms with E-state index in [2.05, 4.69) is 231 Å². The van der Waals surface area contributed by atoms with E-state index in [1.807, 2.05) is 6.08 Å². The van der Waals surface area contributed by atoms with Crippen molar-refractivity contribution in [3.63, 3.8) is 0 Å². The third-order valence-electron chi connectivity index (χ3n) is 12.1. The maximum Gasteiger partial charge on any atom is 0.0712 e. The van der Waals surface area contributed by atoms with Crippen LogP contribution in [-0.2, 0) is 11.8 Å². The fourth-order valence-corrected chi connectivity index (χ4v) is 9.11. The van der Waals surface area contributed by atoms with Crippen LogP contribution in [0.2, 0.25) is 0 Å². The van der Waals surface area contributed by atoms with Crippen LogP contribution in [0, 0.1) is 0 Å². The molecule has 1 atom stereocenters. The van der Waals surface area contributed by atoms with E-state index in [0.29, 0.717) is 0 Å². The van der Waals surface area contributed by atoms with Gasteiger partial charge in [0.2, 0.25) is 0 Å². The van der Waals surface area contributed by atoms with Gasteiger partial charge in [-0.1, -0.05) is 197 Å². The molecule has 0 saturated carbocycles. The molecule has 2 heteroatoms. The Bertz CT molecular complexity index is 2540. The van der Waals surface area contributed by atoms with Gasteiger partial charge in [-0.2, -0.15) is 0 Å². The van der Waals surface area contributed by atoms with E-state index in [4.69, 9.17) is 0 Å². The maximum atomic E-state index is 4.46. The van der Waals surface area contributed by atoms with Crippen LogP contribution in [0.4, 0.5) is 11.4 Å². The lowest BCUT2D eigenvalue weighted by Crippen LogP contribution is -2.34. The average Bonchev–Trinajstić information content (AvgIpc) is 3.75. The molecule has 60 heavy (non-hydrogen) atoms. The fraction of sp³-hybridized carbons (Fsp3) is 0.172. The zero-order chi connectivity index (χ0) is 41.3. The number of hydrogen-bond donors (Lipinski definition) is 0. The Morgan fingerprint density at radius 2 is 1.57 bits per heavy atom. The van der Waals surface area contributed by atoms with Crippen LogP contribution in [-0.4, -0.2) is 6.04 Å². The van der Waals surface area contributed by atoms with Crippen molar-refractivity contribution in [3.05, 3.63) is 275 Å². The summed E-state index contributed by atoms with van der Waals surface area (Å²) in [7, 11) is 0. The molecule has 0 radical (unpaired) electrons. The van der Waals surface area contributed by atoms with Crippen molar-refractivity contribution in [2.75, 3.05) is 9.80 Å². The summed E-state index contributed by atoms with van der Waals surface area (Å²) in [6.45, 7) is 13.3. The lowest BCUT2D eigenvalue weighted by atomic mass is 9.68. The SMILES string of the molecule is C=C/C=C1\C(=C/CC2=CC=CC(N(C3=CCC=C(CC4=CC=CC=CC4)C=C3)c3cccc4c3Cc3ccccc3C4(C)C)C=C2)C/C=C\C=C/C(=C)N1c1ccccc1. The van der Waals surface area contributed by atoms with Gasteiger partial charge in [-0.25, -0.2) is 0 Å². The molecule has 0 aromatic heterocycles. The molecular weight excluding hydrogens is 725 g/mol. The van der Waals surface area contributed by atoms with Gasteiger partial charge in [0.05, 0.1) is 6.04 Å². The minimum atomic E-state index is -0.108. The van der Waals surface area contributed by atoms with Gasteiger partial charge in [-0.15, -0.1) is 0 Å². The molecule has 3 aromatic carbocycles. The average molecular weight is 781 g/mol. The zero-order valence-electron chi connectivity index (χ0n) is 35.2. The normalized spacial score (nSPS) is 21.8. The van der Waals surface area contributed by atoms with Crippen LogP contribution in [0.25, 0.3) is 0 Å². The monoisotopic (exact) mass is 780 g/mol. The van der Waals surface area contributed by atoms with Crippen LogP contribution in [0.5, 0.6) is 0 Å². The molecule has 5 aliphatic rings. The summed E-state index contributed by atoms with van der Waals surface area (Å²) in [6.07, 6.45) is 52.3. The number of nitrogens with zero attached hydrogens (tertiary/aromatic N) is 2. The Balaban J connectivity index is 1.13. The molecule has 1 aliphatic heterocycles. The molecule has 2 nitrogen and oxygen atoms in total. The molecule has 4 aliphatic carbocycles. The lowest BCUT2D eigenvalue weighted by Gasteiger charge is -2.40. The van der Waals surface area contributed by atoms with Gasteiger partial charge in [0, 0.05) is 40.3 Å². The fourth-order valence-electron chi connectivity index (χ4n) is 9.11. The highest BCUT2D eigenvalue weighted by Crippen LogP contribution is 2.45. The Morgan fingerprint density at radius 3 is 2.45 bits per heavy atom. The summed E-state index contributed by atoms with van der Waals surface area (Å²) < 4.78 is 0. The third-order valence-corrected chi connectivity index (χ3v) is 12.1. The molecule has 0 spiro atoms. The number of hydrogen-bond acceptors (Lipinski definition) is 2. The van der Waals surface area contributed by atoms with Crippen molar-refractivity contribution >= 4 is 11.4 Å². The first-order valence-corrected chi connectivity index (χ1v) is 21.4. The van der Waals surface area contributed by atoms with Gasteiger partial charge in [0.1, 0.15) is 0 Å². The van der Waals surface area contributed by atoms with Crippen LogP contribution in [0.3, 0.4) is 0 Å². The molecular formula is C58H56N2. The van der Waals surface area contributed by atoms with E-state index in [0.717, 1.165) is 55.6 Å². The molecule has 0 saturated heterocycles. The topological polar surface area (TPSA) is 6.48 Å². The summed E-state index contributed by atoms with van der Waals surface area (Å²) in [5, 5.41) is 0. The van der Waals surface area contributed by atoms with Crippen LogP contribution >= 0.6 is 0 Å². The molecule has 0 fully saturated rings. The molecule has 8 rings (SSSR count). The summed E-state index contributed by atoms with van der Waals surface area (Å²) >= 11 is 0. The van der Waals surface area contributed by atoms with Gasteiger partial charge < -0.3 is 9.80 Å². The number of rotatable bonds is 9. The van der Waals surface area contributed by atoms with Crippen molar-refractivity contribution in [3.8, 4) is 0 Å². The van der Waals surface area contributed by atoms with Crippen molar-refractivity contribution in [1.82, 2.24) is 0 Å². The molecule has 0 bridgehead atoms. The minimum absolute atomic E-state index is 0.00232. The Kier molecular flexibility index (Phi) is 12.4. The first-order chi connectivity index (χ1) is 29.4. The van der Waals surface area contributed by atoms with Crippen molar-refractivity contribution in [1.29, 1.82) is 0 Å². The van der Waals surface area contributed by atoms with Gasteiger partial charge in [0.15, 0.2) is 0 Å². The van der Waals surface area contributed by atoms with Gasteiger partial charge in [0.25, 0.3) is 0 Å². The maximum absolute atomic E-state index is 4.46. The molecule has 1 heterocycles. The van der Waals surface area contributed by atoms with Crippen molar-refractivity contribution in [2.45, 2.75) is 63.8 Å². The number of fused-ring (bicyclic) bond motifs is 2. The number of anilines is 2. The molecule has 0 amide bonds. The molecule has 298 valence electrons. The highest BCUT2D eigenvalue weighted by molar-refractivity contribution is 5.70. The van der Waals surface area contributed by atoms with E-state index < -0.39 is 0 Å². The highest BCUT2D eigenvalue weighted by Gasteiger charge is 2.35. The Labute approximate surface area is 358 Å². The van der Waals surface area contributed by atoms with Gasteiger partial charge in [-0.3, -0.25) is 0 Å². The van der Waals surface area contributed by atoms with Crippen LogP contribution in [0.15, 0.2) is 253 Å². The van der Waals surface area contributed by atoms with Crippen LogP contribution in [0.1, 0.15) is 68.2 Å². The Morgan fingerprint density at radius 1 is 0.750 bits per heavy atom. The summed E-state index contributed by atoms with van der Waals surface area (Å²) in [5.74, 6) is 0. The van der Waals surface area contributed by atoms with E-state index in [1.54, 1.807) is 0 Å². The number of para-hydroxylation sites is 1. The summed E-state index contributed by atoms with van der Waals surface area (Å²) in [4.78, 5) is 4.82. The third kappa shape index (κ3) is 8.84. The quantitative estimate of drug-likeness (QED) is 0.213. The van der Waals surface area contributed by atoms with E-state index in [-0.39, 0.29) is 11.5 Å². The Hall–Kier alpha value is -6.64. The van der Waals surface area contributed by atoms with E-state index in [1.165, 1.54) is 55.9 Å². The van der Waals surface area contributed by atoms with E-state index in [9.17, 15) is 0 Å². The smallest absolute Gasteiger partial charge is 0.0712 e. The van der Waals surface area contributed by atoms with Gasteiger partial charge >= 0.3 is 0 Å². The molecule has 1 unspecified atom stereocenters. The summed E-state index contributed by atoms with van der Waals surface area (Å²) in [5.41, 5.74) is 16.4.